The molecule has 1 aliphatic heterocycles. The highest BCUT2D eigenvalue weighted by Crippen LogP contribution is 2.26. The molecule has 1 saturated heterocycles. The SMILES string of the molecule is CC1SCCN(C(=O)c2ccncc2C#CCO)C1C. The number of carbonyl (C=O) groups is 1. The van der Waals surface area contributed by atoms with Crippen molar-refractivity contribution in [3.05, 3.63) is 29.6 Å². The molecule has 0 spiro atoms. The molecule has 1 aliphatic rings. The third kappa shape index (κ3) is 3.14. The van der Waals surface area contributed by atoms with Crippen molar-refractivity contribution in [3.63, 3.8) is 0 Å². The Kier molecular flexibility index (Phi) is 5.05. The number of aromatic nitrogens is 1. The molecule has 5 heteroatoms. The van der Waals surface area contributed by atoms with Crippen molar-refractivity contribution in [2.24, 2.45) is 0 Å². The number of aliphatic hydroxyl groups excluding tert-OH is 1. The van der Waals surface area contributed by atoms with E-state index in [4.69, 9.17) is 5.11 Å². The Morgan fingerprint density at radius 1 is 1.60 bits per heavy atom. The van der Waals surface area contributed by atoms with Crippen molar-refractivity contribution < 1.29 is 9.90 Å². The van der Waals surface area contributed by atoms with Crippen LogP contribution in [0.3, 0.4) is 0 Å². The number of pyridine rings is 1. The van der Waals surface area contributed by atoms with E-state index in [1.165, 1.54) is 0 Å². The molecule has 0 aromatic carbocycles. The van der Waals surface area contributed by atoms with Gasteiger partial charge >= 0.3 is 0 Å². The van der Waals surface area contributed by atoms with Gasteiger partial charge in [0.2, 0.25) is 0 Å². The van der Waals surface area contributed by atoms with Crippen LogP contribution in [-0.2, 0) is 0 Å². The minimum absolute atomic E-state index is 0.00529. The summed E-state index contributed by atoms with van der Waals surface area (Å²) in [5.41, 5.74) is 1.14. The molecule has 1 aromatic rings. The first kappa shape index (κ1) is 14.9. The quantitative estimate of drug-likeness (QED) is 0.794. The summed E-state index contributed by atoms with van der Waals surface area (Å²) >= 11 is 1.89. The van der Waals surface area contributed by atoms with Crippen LogP contribution in [0.5, 0.6) is 0 Å². The lowest BCUT2D eigenvalue weighted by atomic mass is 10.1. The second-order valence-electron chi connectivity index (χ2n) is 4.70. The molecule has 20 heavy (non-hydrogen) atoms. The molecule has 1 aromatic heterocycles. The van der Waals surface area contributed by atoms with Gasteiger partial charge < -0.3 is 10.0 Å². The van der Waals surface area contributed by atoms with Crippen molar-refractivity contribution >= 4 is 17.7 Å². The maximum absolute atomic E-state index is 12.7. The van der Waals surface area contributed by atoms with E-state index in [0.717, 1.165) is 12.3 Å². The molecule has 1 amide bonds. The normalized spacial score (nSPS) is 22.1. The fraction of sp³-hybridized carbons (Fsp3) is 0.467. The fourth-order valence-corrected chi connectivity index (χ4v) is 3.29. The van der Waals surface area contributed by atoms with Crippen molar-refractivity contribution in [1.82, 2.24) is 9.88 Å². The molecule has 1 N–H and O–H groups in total. The molecule has 2 rings (SSSR count). The highest BCUT2D eigenvalue weighted by Gasteiger charge is 2.30. The van der Waals surface area contributed by atoms with Gasteiger partial charge in [-0.05, 0) is 13.0 Å². The fourth-order valence-electron chi connectivity index (χ4n) is 2.19. The van der Waals surface area contributed by atoms with Gasteiger partial charge in [0.1, 0.15) is 6.61 Å². The molecule has 106 valence electrons. The van der Waals surface area contributed by atoms with Gasteiger partial charge in [0.25, 0.3) is 5.91 Å². The van der Waals surface area contributed by atoms with Crippen LogP contribution in [0.1, 0.15) is 29.8 Å². The van der Waals surface area contributed by atoms with Crippen LogP contribution >= 0.6 is 11.8 Å². The van der Waals surface area contributed by atoms with Crippen LogP contribution in [0, 0.1) is 11.8 Å². The van der Waals surface area contributed by atoms with E-state index in [-0.39, 0.29) is 18.6 Å². The second kappa shape index (κ2) is 6.78. The maximum atomic E-state index is 12.7. The van der Waals surface area contributed by atoms with E-state index < -0.39 is 0 Å². The Morgan fingerprint density at radius 3 is 3.15 bits per heavy atom. The molecular weight excluding hydrogens is 272 g/mol. The number of carbonyl (C=O) groups excluding carboxylic acids is 1. The number of hydrogen-bond donors (Lipinski definition) is 1. The topological polar surface area (TPSA) is 53.4 Å². The van der Waals surface area contributed by atoms with Crippen LogP contribution in [0.4, 0.5) is 0 Å². The summed E-state index contributed by atoms with van der Waals surface area (Å²) in [5, 5.41) is 9.22. The van der Waals surface area contributed by atoms with E-state index >= 15 is 0 Å². The highest BCUT2D eigenvalue weighted by molar-refractivity contribution is 8.00. The first-order valence-electron chi connectivity index (χ1n) is 6.61. The standard InChI is InChI=1S/C15H18N2O2S/c1-11-12(2)20-9-7-17(11)15(19)14-5-6-16-10-13(14)4-3-8-18/h5-6,10-12,18H,7-9H2,1-2H3. The second-order valence-corrected chi connectivity index (χ2v) is 6.18. The van der Waals surface area contributed by atoms with Crippen molar-refractivity contribution in [2.45, 2.75) is 25.1 Å². The Hall–Kier alpha value is -1.51. The van der Waals surface area contributed by atoms with Crippen LogP contribution in [0.15, 0.2) is 18.5 Å². The first-order chi connectivity index (χ1) is 9.65. The predicted molar refractivity (Wildman–Crippen MR) is 80.6 cm³/mol. The smallest absolute Gasteiger partial charge is 0.255 e. The van der Waals surface area contributed by atoms with Crippen LogP contribution in [-0.4, -0.2) is 51.1 Å². The molecule has 0 aliphatic carbocycles. The van der Waals surface area contributed by atoms with E-state index in [2.05, 4.69) is 30.7 Å². The Morgan fingerprint density at radius 2 is 2.40 bits per heavy atom. The molecule has 1 fully saturated rings. The summed E-state index contributed by atoms with van der Waals surface area (Å²) in [5.74, 6) is 6.32. The van der Waals surface area contributed by atoms with Crippen LogP contribution in [0.2, 0.25) is 0 Å². The third-order valence-corrected chi connectivity index (χ3v) is 4.84. The number of rotatable bonds is 1. The summed E-state index contributed by atoms with van der Waals surface area (Å²) < 4.78 is 0. The number of hydrogen-bond acceptors (Lipinski definition) is 4. The monoisotopic (exact) mass is 290 g/mol. The van der Waals surface area contributed by atoms with Gasteiger partial charge in [-0.1, -0.05) is 18.8 Å². The predicted octanol–water partition coefficient (Wildman–Crippen LogP) is 1.39. The number of aliphatic hydroxyl groups is 1. The lowest BCUT2D eigenvalue weighted by molar-refractivity contribution is 0.0698. The van der Waals surface area contributed by atoms with Gasteiger partial charge in [0.15, 0.2) is 0 Å². The van der Waals surface area contributed by atoms with Gasteiger partial charge in [-0.2, -0.15) is 11.8 Å². The van der Waals surface area contributed by atoms with E-state index in [9.17, 15) is 4.79 Å². The zero-order chi connectivity index (χ0) is 14.5. The van der Waals surface area contributed by atoms with E-state index in [0.29, 0.717) is 16.4 Å². The largest absolute Gasteiger partial charge is 0.384 e. The average molecular weight is 290 g/mol. The molecule has 2 atom stereocenters. The highest BCUT2D eigenvalue weighted by atomic mass is 32.2. The molecular formula is C15H18N2O2S. The molecule has 2 unspecified atom stereocenters. The summed E-state index contributed by atoms with van der Waals surface area (Å²) in [4.78, 5) is 18.6. The minimum atomic E-state index is -0.226. The zero-order valence-corrected chi connectivity index (χ0v) is 12.5. The van der Waals surface area contributed by atoms with Crippen LogP contribution < -0.4 is 0 Å². The average Bonchev–Trinajstić information content (AvgIpc) is 2.47. The zero-order valence-electron chi connectivity index (χ0n) is 11.7. The van der Waals surface area contributed by atoms with Gasteiger partial charge in [-0.3, -0.25) is 9.78 Å². The van der Waals surface area contributed by atoms with Crippen LogP contribution in [0.25, 0.3) is 0 Å². The van der Waals surface area contributed by atoms with Crippen molar-refractivity contribution in [3.8, 4) is 11.8 Å². The Labute approximate surface area is 123 Å². The summed E-state index contributed by atoms with van der Waals surface area (Å²) in [6.07, 6.45) is 3.17. The number of nitrogens with zero attached hydrogens (tertiary/aromatic N) is 2. The first-order valence-corrected chi connectivity index (χ1v) is 7.66. The van der Waals surface area contributed by atoms with Gasteiger partial charge in [-0.25, -0.2) is 0 Å². The lowest BCUT2D eigenvalue weighted by Gasteiger charge is -2.37. The molecule has 0 bridgehead atoms. The van der Waals surface area contributed by atoms with Gasteiger partial charge in [0.05, 0.1) is 11.1 Å². The summed E-state index contributed by atoms with van der Waals surface area (Å²) in [6, 6.07) is 1.90. The lowest BCUT2D eigenvalue weighted by Crippen LogP contribution is -2.48. The Balaban J connectivity index is 2.29. The maximum Gasteiger partial charge on any atom is 0.255 e. The Bertz CT molecular complexity index is 550. The van der Waals surface area contributed by atoms with Crippen molar-refractivity contribution in [1.29, 1.82) is 0 Å². The summed E-state index contributed by atoms with van der Waals surface area (Å²) in [7, 11) is 0. The summed E-state index contributed by atoms with van der Waals surface area (Å²) in [6.45, 7) is 4.75. The van der Waals surface area contributed by atoms with Gasteiger partial charge in [-0.15, -0.1) is 0 Å². The van der Waals surface area contributed by atoms with E-state index in [1.807, 2.05) is 16.7 Å². The minimum Gasteiger partial charge on any atom is -0.384 e. The number of thioether (sulfide) groups is 1. The number of amides is 1. The molecule has 2 heterocycles. The molecule has 0 radical (unpaired) electrons. The third-order valence-electron chi connectivity index (χ3n) is 3.50. The molecule has 4 nitrogen and oxygen atoms in total. The van der Waals surface area contributed by atoms with Crippen molar-refractivity contribution in [2.75, 3.05) is 18.9 Å². The van der Waals surface area contributed by atoms with E-state index in [1.54, 1.807) is 18.5 Å². The molecule has 0 saturated carbocycles. The van der Waals surface area contributed by atoms with Gasteiger partial charge in [0, 0.05) is 36.0 Å².